The van der Waals surface area contributed by atoms with Crippen molar-refractivity contribution >= 4 is 12.0 Å². The van der Waals surface area contributed by atoms with Gasteiger partial charge in [-0.3, -0.25) is 9.69 Å². The van der Waals surface area contributed by atoms with Gasteiger partial charge in [0.25, 0.3) is 0 Å². The molecule has 0 bridgehead atoms. The van der Waals surface area contributed by atoms with Crippen molar-refractivity contribution in [2.75, 3.05) is 52.5 Å². The highest BCUT2D eigenvalue weighted by Gasteiger charge is 2.36. The Morgan fingerprint density at radius 3 is 2.50 bits per heavy atom. The van der Waals surface area contributed by atoms with Crippen LogP contribution in [0.4, 0.5) is 4.79 Å². The number of rotatable bonds is 4. The molecule has 0 aromatic heterocycles. The average Bonchev–Trinajstić information content (AvgIpc) is 2.88. The number of carbonyl (C=O) groups is 2. The number of aliphatic carboxylic acids is 1. The van der Waals surface area contributed by atoms with Crippen LogP contribution in [0.1, 0.15) is 0 Å². The van der Waals surface area contributed by atoms with E-state index in [9.17, 15) is 9.59 Å². The summed E-state index contributed by atoms with van der Waals surface area (Å²) in [4.78, 5) is 26.9. The van der Waals surface area contributed by atoms with Gasteiger partial charge in [-0.05, 0) is 0 Å². The number of urea groups is 1. The third-order valence-corrected chi connectivity index (χ3v) is 3.78. The first kappa shape index (κ1) is 15.0. The zero-order chi connectivity index (χ0) is 14.5. The molecular weight excluding hydrogens is 266 g/mol. The molecule has 0 aromatic carbocycles. The highest BCUT2D eigenvalue weighted by Crippen LogP contribution is 2.14. The lowest BCUT2D eigenvalue weighted by Gasteiger charge is -2.35. The van der Waals surface area contributed by atoms with Crippen molar-refractivity contribution in [1.82, 2.24) is 15.1 Å². The predicted molar refractivity (Wildman–Crippen MR) is 69.4 cm³/mol. The van der Waals surface area contributed by atoms with Crippen LogP contribution in [0.15, 0.2) is 0 Å². The van der Waals surface area contributed by atoms with Crippen LogP contribution in [0.2, 0.25) is 0 Å². The van der Waals surface area contributed by atoms with Gasteiger partial charge in [-0.1, -0.05) is 0 Å². The molecular formula is C12H21N3O5. The van der Waals surface area contributed by atoms with Crippen LogP contribution in [0.25, 0.3) is 0 Å². The summed E-state index contributed by atoms with van der Waals surface area (Å²) in [6, 6.07) is -0.703. The first-order valence-corrected chi connectivity index (χ1v) is 6.81. The van der Waals surface area contributed by atoms with E-state index >= 15 is 0 Å². The molecule has 0 saturated carbocycles. The number of ether oxygens (including phenoxy) is 1. The Balaban J connectivity index is 1.79. The summed E-state index contributed by atoms with van der Waals surface area (Å²) < 4.78 is 5.12. The number of piperazine rings is 1. The maximum atomic E-state index is 12.1. The largest absolute Gasteiger partial charge is 0.481 e. The molecule has 2 aliphatic rings. The molecule has 20 heavy (non-hydrogen) atoms. The van der Waals surface area contributed by atoms with E-state index in [0.29, 0.717) is 19.6 Å². The van der Waals surface area contributed by atoms with E-state index in [-0.39, 0.29) is 25.9 Å². The molecule has 2 fully saturated rings. The third kappa shape index (κ3) is 3.59. The Bertz CT molecular complexity index is 357. The monoisotopic (exact) mass is 287 g/mol. The first-order valence-electron chi connectivity index (χ1n) is 6.81. The van der Waals surface area contributed by atoms with Gasteiger partial charge in [0.1, 0.15) is 5.92 Å². The summed E-state index contributed by atoms with van der Waals surface area (Å²) in [5, 5.41) is 20.6. The topological polar surface area (TPSA) is 102 Å². The molecule has 2 amide bonds. The van der Waals surface area contributed by atoms with Crippen LogP contribution in [0, 0.1) is 5.92 Å². The number of β-amino-alcohol motifs (C(OH)–C–C–N with tert-alkyl or cyclic N) is 1. The molecule has 0 spiro atoms. The van der Waals surface area contributed by atoms with E-state index in [0.717, 1.165) is 13.1 Å². The van der Waals surface area contributed by atoms with Crippen LogP contribution >= 0.6 is 0 Å². The highest BCUT2D eigenvalue weighted by molar-refractivity contribution is 5.77. The molecule has 0 aliphatic carbocycles. The second-order valence-electron chi connectivity index (χ2n) is 5.09. The summed E-state index contributed by atoms with van der Waals surface area (Å²) in [6.07, 6.45) is 0. The van der Waals surface area contributed by atoms with Gasteiger partial charge >= 0.3 is 12.0 Å². The average molecular weight is 287 g/mol. The van der Waals surface area contributed by atoms with E-state index in [1.54, 1.807) is 4.90 Å². The van der Waals surface area contributed by atoms with E-state index in [1.165, 1.54) is 0 Å². The number of nitrogens with one attached hydrogen (secondary N) is 1. The minimum atomic E-state index is -0.944. The maximum absolute atomic E-state index is 12.1. The van der Waals surface area contributed by atoms with Crippen LogP contribution in [-0.4, -0.2) is 90.6 Å². The molecule has 0 aromatic rings. The SMILES string of the molecule is O=C(O)C1COCC1NC(=O)N1CCN(CCO)CC1. The van der Waals surface area contributed by atoms with Gasteiger partial charge < -0.3 is 25.2 Å². The molecule has 2 heterocycles. The van der Waals surface area contributed by atoms with Gasteiger partial charge in [-0.15, -0.1) is 0 Å². The molecule has 2 atom stereocenters. The lowest BCUT2D eigenvalue weighted by atomic mass is 10.0. The van der Waals surface area contributed by atoms with Crippen molar-refractivity contribution in [2.24, 2.45) is 5.92 Å². The summed E-state index contributed by atoms with van der Waals surface area (Å²) in [6.45, 7) is 3.72. The number of nitrogens with zero attached hydrogens (tertiary/aromatic N) is 2. The Labute approximate surface area is 117 Å². The minimum absolute atomic E-state index is 0.117. The molecule has 2 unspecified atom stereocenters. The normalized spacial score (nSPS) is 27.6. The second kappa shape index (κ2) is 6.87. The van der Waals surface area contributed by atoms with Gasteiger partial charge in [-0.2, -0.15) is 0 Å². The Morgan fingerprint density at radius 1 is 1.20 bits per heavy atom. The zero-order valence-corrected chi connectivity index (χ0v) is 11.3. The van der Waals surface area contributed by atoms with Gasteiger partial charge in [0.05, 0.1) is 25.9 Å². The fourth-order valence-corrected chi connectivity index (χ4v) is 2.51. The van der Waals surface area contributed by atoms with Gasteiger partial charge in [-0.25, -0.2) is 4.79 Å². The van der Waals surface area contributed by atoms with E-state index < -0.39 is 17.9 Å². The van der Waals surface area contributed by atoms with Gasteiger partial charge in [0.15, 0.2) is 0 Å². The van der Waals surface area contributed by atoms with Crippen LogP contribution < -0.4 is 5.32 Å². The lowest BCUT2D eigenvalue weighted by Crippen LogP contribution is -2.55. The fourth-order valence-electron chi connectivity index (χ4n) is 2.51. The number of carboxylic acids is 1. The fraction of sp³-hybridized carbons (Fsp3) is 0.833. The predicted octanol–water partition coefficient (Wildman–Crippen LogP) is -1.59. The Morgan fingerprint density at radius 2 is 1.90 bits per heavy atom. The van der Waals surface area contributed by atoms with Crippen LogP contribution in [-0.2, 0) is 9.53 Å². The maximum Gasteiger partial charge on any atom is 0.317 e. The summed E-state index contributed by atoms with van der Waals surface area (Å²) in [7, 11) is 0. The molecule has 8 nitrogen and oxygen atoms in total. The number of carboxylic acid groups (broad SMARTS) is 1. The van der Waals surface area contributed by atoms with Crippen molar-refractivity contribution in [3.05, 3.63) is 0 Å². The molecule has 3 N–H and O–H groups in total. The van der Waals surface area contributed by atoms with Crippen molar-refractivity contribution < 1.29 is 24.5 Å². The first-order chi connectivity index (χ1) is 9.61. The minimum Gasteiger partial charge on any atom is -0.481 e. The van der Waals surface area contributed by atoms with Crippen LogP contribution in [0.5, 0.6) is 0 Å². The number of hydrogen-bond acceptors (Lipinski definition) is 5. The Hall–Kier alpha value is -1.38. The van der Waals surface area contributed by atoms with Crippen LogP contribution in [0.3, 0.4) is 0 Å². The standard InChI is InChI=1S/C12H21N3O5/c16-6-5-14-1-3-15(4-2-14)12(19)13-10-8-20-7-9(10)11(17)18/h9-10,16H,1-8H2,(H,13,19)(H,17,18). The van der Waals surface area contributed by atoms with E-state index in [4.69, 9.17) is 14.9 Å². The number of amides is 2. The Kier molecular flexibility index (Phi) is 5.16. The number of aliphatic hydroxyl groups excluding tert-OH is 1. The summed E-state index contributed by atoms with van der Waals surface area (Å²) in [5.74, 6) is -1.62. The molecule has 2 rings (SSSR count). The van der Waals surface area contributed by atoms with Crippen molar-refractivity contribution in [3.63, 3.8) is 0 Å². The molecule has 0 radical (unpaired) electrons. The number of carbonyl (C=O) groups excluding carboxylic acids is 1. The summed E-state index contributed by atoms with van der Waals surface area (Å²) >= 11 is 0. The van der Waals surface area contributed by atoms with Crippen molar-refractivity contribution in [2.45, 2.75) is 6.04 Å². The molecule has 114 valence electrons. The highest BCUT2D eigenvalue weighted by atomic mass is 16.5. The van der Waals surface area contributed by atoms with Crippen molar-refractivity contribution in [3.8, 4) is 0 Å². The second-order valence-corrected chi connectivity index (χ2v) is 5.09. The number of aliphatic hydroxyl groups is 1. The lowest BCUT2D eigenvalue weighted by molar-refractivity contribution is -0.142. The smallest absolute Gasteiger partial charge is 0.317 e. The molecule has 2 saturated heterocycles. The van der Waals surface area contributed by atoms with E-state index in [1.807, 2.05) is 0 Å². The zero-order valence-electron chi connectivity index (χ0n) is 11.3. The van der Waals surface area contributed by atoms with Gasteiger partial charge in [0, 0.05) is 32.7 Å². The third-order valence-electron chi connectivity index (χ3n) is 3.78. The van der Waals surface area contributed by atoms with Gasteiger partial charge in [0.2, 0.25) is 0 Å². The quantitative estimate of drug-likeness (QED) is 0.576. The van der Waals surface area contributed by atoms with Crippen molar-refractivity contribution in [1.29, 1.82) is 0 Å². The molecule has 8 heteroatoms. The molecule has 2 aliphatic heterocycles. The van der Waals surface area contributed by atoms with E-state index in [2.05, 4.69) is 10.2 Å². The number of hydrogen-bond donors (Lipinski definition) is 3. The summed E-state index contributed by atoms with van der Waals surface area (Å²) in [5.41, 5.74) is 0.